The number of benzene rings is 2. The van der Waals surface area contributed by atoms with Crippen LogP contribution in [0.25, 0.3) is 11.3 Å². The lowest BCUT2D eigenvalue weighted by Crippen LogP contribution is -2.26. The molecule has 0 aliphatic heterocycles. The number of amidine groups is 2. The number of halogens is 2. The summed E-state index contributed by atoms with van der Waals surface area (Å²) < 4.78 is 28.5. The fourth-order valence-electron chi connectivity index (χ4n) is 3.40. The molecule has 0 fully saturated rings. The van der Waals surface area contributed by atoms with Crippen molar-refractivity contribution < 1.29 is 13.6 Å². The second-order valence-corrected chi connectivity index (χ2v) is 8.51. The van der Waals surface area contributed by atoms with E-state index in [1.54, 1.807) is 24.3 Å². The summed E-state index contributed by atoms with van der Waals surface area (Å²) in [6.07, 6.45) is 0.870. The van der Waals surface area contributed by atoms with Gasteiger partial charge in [0.1, 0.15) is 11.6 Å². The van der Waals surface area contributed by atoms with Crippen LogP contribution in [-0.2, 0) is 11.4 Å². The summed E-state index contributed by atoms with van der Waals surface area (Å²) in [6.45, 7) is 4.13. The predicted molar refractivity (Wildman–Crippen MR) is 140 cm³/mol. The van der Waals surface area contributed by atoms with E-state index in [2.05, 4.69) is 25.5 Å². The van der Waals surface area contributed by atoms with Gasteiger partial charge in [-0.2, -0.15) is 5.10 Å². The normalized spacial score (nSPS) is 12.2. The fourth-order valence-corrected chi connectivity index (χ4v) is 3.40. The Kier molecular flexibility index (Phi) is 9.84. The third kappa shape index (κ3) is 8.50. The molecule has 1 heterocycles. The van der Waals surface area contributed by atoms with E-state index in [9.17, 15) is 13.6 Å². The molecule has 0 aliphatic carbocycles. The largest absolute Gasteiger partial charge is 0.380 e. The molecule has 0 spiro atoms. The van der Waals surface area contributed by atoms with Gasteiger partial charge in [-0.15, -0.1) is 0 Å². The molecule has 2 aromatic carbocycles. The molecule has 3 aromatic rings. The van der Waals surface area contributed by atoms with Crippen molar-refractivity contribution in [3.8, 4) is 11.3 Å². The van der Waals surface area contributed by atoms with E-state index in [4.69, 9.17) is 10.6 Å². The summed E-state index contributed by atoms with van der Waals surface area (Å²) in [5, 5.41) is 11.3. The Hall–Kier alpha value is -4.12. The molecule has 3 rings (SSSR count). The standard InChI is InChI=1S/C26H31F2N7O2/c1-4-30-26(31-11-6-12-34(2)3)37-33-25(29)19-8-5-7-18(13-19)17-35-24(36)10-9-23(32-35)20-14-21(27)16-22(28)15-20/h5,7-10,13-16H,4,6,11-12,17H2,1-3H3,(H2,29,33)(H,30,31). The van der Waals surface area contributed by atoms with E-state index in [1.165, 1.54) is 16.8 Å². The minimum Gasteiger partial charge on any atom is -0.380 e. The average Bonchev–Trinajstić information content (AvgIpc) is 2.85. The van der Waals surface area contributed by atoms with Crippen LogP contribution in [0.2, 0.25) is 0 Å². The predicted octanol–water partition coefficient (Wildman–Crippen LogP) is 2.79. The van der Waals surface area contributed by atoms with Gasteiger partial charge >= 0.3 is 6.02 Å². The SMILES string of the molecule is CCNC(=NCCCN(C)C)ON=C(N)c1cccc(Cn2nc(-c3cc(F)cc(F)c3)ccc2=O)c1. The number of oxime groups is 1. The summed E-state index contributed by atoms with van der Waals surface area (Å²) >= 11 is 0. The van der Waals surface area contributed by atoms with Crippen molar-refractivity contribution in [1.29, 1.82) is 0 Å². The molecule has 0 saturated heterocycles. The molecule has 0 aliphatic rings. The van der Waals surface area contributed by atoms with Gasteiger partial charge in [-0.25, -0.2) is 18.5 Å². The molecule has 0 radical (unpaired) electrons. The van der Waals surface area contributed by atoms with Crippen LogP contribution in [0.4, 0.5) is 8.78 Å². The monoisotopic (exact) mass is 511 g/mol. The van der Waals surface area contributed by atoms with E-state index in [-0.39, 0.29) is 35.2 Å². The van der Waals surface area contributed by atoms with Crippen LogP contribution in [0.5, 0.6) is 0 Å². The molecular formula is C26H31F2N7O2. The van der Waals surface area contributed by atoms with Crippen LogP contribution in [-0.4, -0.2) is 60.3 Å². The maximum Gasteiger partial charge on any atom is 0.315 e. The van der Waals surface area contributed by atoms with Crippen molar-refractivity contribution in [2.24, 2.45) is 15.9 Å². The van der Waals surface area contributed by atoms with Gasteiger partial charge in [-0.05, 0) is 63.8 Å². The van der Waals surface area contributed by atoms with Crippen LogP contribution in [0.15, 0.2) is 69.5 Å². The molecule has 0 unspecified atom stereocenters. The molecule has 37 heavy (non-hydrogen) atoms. The van der Waals surface area contributed by atoms with E-state index >= 15 is 0 Å². The first-order valence-electron chi connectivity index (χ1n) is 11.8. The van der Waals surface area contributed by atoms with Crippen LogP contribution >= 0.6 is 0 Å². The fraction of sp³-hybridized carbons (Fsp3) is 0.308. The van der Waals surface area contributed by atoms with Gasteiger partial charge in [0, 0.05) is 36.3 Å². The minimum atomic E-state index is -0.727. The zero-order valence-electron chi connectivity index (χ0n) is 21.1. The first kappa shape index (κ1) is 27.5. The summed E-state index contributed by atoms with van der Waals surface area (Å²) in [7, 11) is 4.00. The number of rotatable bonds is 10. The van der Waals surface area contributed by atoms with E-state index in [0.717, 1.165) is 36.7 Å². The molecule has 0 saturated carbocycles. The minimum absolute atomic E-state index is 0.114. The molecular weight excluding hydrogens is 480 g/mol. The summed E-state index contributed by atoms with van der Waals surface area (Å²) in [6, 6.07) is 13.2. The first-order valence-corrected chi connectivity index (χ1v) is 11.8. The summed E-state index contributed by atoms with van der Waals surface area (Å²) in [4.78, 5) is 24.3. The highest BCUT2D eigenvalue weighted by molar-refractivity contribution is 5.97. The quantitative estimate of drug-likeness (QED) is 0.188. The van der Waals surface area contributed by atoms with Gasteiger partial charge in [-0.1, -0.05) is 23.4 Å². The molecule has 1 aromatic heterocycles. The molecule has 196 valence electrons. The number of hydrogen-bond donors (Lipinski definition) is 2. The Labute approximate surface area is 214 Å². The van der Waals surface area contributed by atoms with Crippen molar-refractivity contribution >= 4 is 11.9 Å². The topological polar surface area (TPSA) is 110 Å². The average molecular weight is 512 g/mol. The second-order valence-electron chi connectivity index (χ2n) is 8.51. The summed E-state index contributed by atoms with van der Waals surface area (Å²) in [5.74, 6) is -1.32. The Morgan fingerprint density at radius 3 is 2.59 bits per heavy atom. The van der Waals surface area contributed by atoms with Crippen LogP contribution in [0, 0.1) is 11.6 Å². The number of nitrogens with zero attached hydrogens (tertiary/aromatic N) is 5. The van der Waals surface area contributed by atoms with E-state index in [1.807, 2.05) is 21.0 Å². The first-order chi connectivity index (χ1) is 17.7. The molecule has 3 N–H and O–H groups in total. The number of aliphatic imine (C=N–C) groups is 1. The van der Waals surface area contributed by atoms with Crippen LogP contribution in [0.3, 0.4) is 0 Å². The van der Waals surface area contributed by atoms with Gasteiger partial charge in [0.15, 0.2) is 5.84 Å². The van der Waals surface area contributed by atoms with Gasteiger partial charge in [0.2, 0.25) is 0 Å². The highest BCUT2D eigenvalue weighted by Crippen LogP contribution is 2.19. The van der Waals surface area contributed by atoms with Gasteiger partial charge in [-0.3, -0.25) is 4.79 Å². The van der Waals surface area contributed by atoms with Crippen LogP contribution in [0.1, 0.15) is 24.5 Å². The number of nitrogens with one attached hydrogen (secondary N) is 1. The summed E-state index contributed by atoms with van der Waals surface area (Å²) in [5.41, 5.74) is 7.57. The smallest absolute Gasteiger partial charge is 0.315 e. The van der Waals surface area contributed by atoms with Crippen molar-refractivity contribution in [2.45, 2.75) is 19.9 Å². The van der Waals surface area contributed by atoms with Crippen molar-refractivity contribution in [3.63, 3.8) is 0 Å². The molecule has 0 bridgehead atoms. The number of nitrogens with two attached hydrogens (primary N) is 1. The Balaban J connectivity index is 1.75. The van der Waals surface area contributed by atoms with E-state index < -0.39 is 11.6 Å². The van der Waals surface area contributed by atoms with E-state index in [0.29, 0.717) is 18.7 Å². The maximum absolute atomic E-state index is 13.6. The third-order valence-electron chi connectivity index (χ3n) is 5.16. The Morgan fingerprint density at radius 2 is 1.89 bits per heavy atom. The zero-order chi connectivity index (χ0) is 26.8. The lowest BCUT2D eigenvalue weighted by Gasteiger charge is -2.10. The zero-order valence-corrected chi connectivity index (χ0v) is 21.1. The van der Waals surface area contributed by atoms with Gasteiger partial charge in [0.05, 0.1) is 12.2 Å². The Bertz CT molecular complexity index is 1300. The number of aromatic nitrogens is 2. The molecule has 0 amide bonds. The van der Waals surface area contributed by atoms with Crippen molar-refractivity contribution in [1.82, 2.24) is 20.0 Å². The molecule has 9 nitrogen and oxygen atoms in total. The maximum atomic E-state index is 13.6. The lowest BCUT2D eigenvalue weighted by molar-refractivity contribution is 0.308. The lowest BCUT2D eigenvalue weighted by atomic mass is 10.1. The van der Waals surface area contributed by atoms with Gasteiger partial charge in [0.25, 0.3) is 5.56 Å². The third-order valence-corrected chi connectivity index (χ3v) is 5.16. The highest BCUT2D eigenvalue weighted by Gasteiger charge is 2.09. The van der Waals surface area contributed by atoms with Crippen molar-refractivity contribution in [3.05, 3.63) is 87.7 Å². The van der Waals surface area contributed by atoms with Crippen molar-refractivity contribution in [2.75, 3.05) is 33.7 Å². The molecule has 0 atom stereocenters. The number of hydrogen-bond acceptors (Lipinski definition) is 6. The van der Waals surface area contributed by atoms with Crippen LogP contribution < -0.4 is 16.6 Å². The molecule has 11 heteroatoms. The van der Waals surface area contributed by atoms with Gasteiger partial charge < -0.3 is 20.8 Å². The highest BCUT2D eigenvalue weighted by atomic mass is 19.1. The Morgan fingerprint density at radius 1 is 1.14 bits per heavy atom. The second kappa shape index (κ2) is 13.3.